The fourth-order valence-corrected chi connectivity index (χ4v) is 8.19. The van der Waals surface area contributed by atoms with E-state index in [0.717, 1.165) is 89.9 Å². The number of carbonyl (C=O) groups is 1. The lowest BCUT2D eigenvalue weighted by Gasteiger charge is -2.19. The van der Waals surface area contributed by atoms with Crippen LogP contribution in [-0.4, -0.2) is 34.9 Å². The summed E-state index contributed by atoms with van der Waals surface area (Å²) in [6, 6.07) is -0.647. The van der Waals surface area contributed by atoms with Crippen LogP contribution in [0.5, 0.6) is 0 Å². The number of aliphatic hydroxyl groups is 2. The van der Waals surface area contributed by atoms with E-state index in [1.54, 1.807) is 6.08 Å². The molecule has 0 aromatic rings. The summed E-state index contributed by atoms with van der Waals surface area (Å²) < 4.78 is 0. The van der Waals surface area contributed by atoms with Crippen LogP contribution in [0.3, 0.4) is 0 Å². The second kappa shape index (κ2) is 59.8. The standard InChI is InChI=1S/C66H111NO3/c1-3-5-7-9-11-13-15-17-19-21-22-23-24-25-26-27-28-29-30-31-32-33-34-35-36-37-38-39-40-41-42-43-44-46-48-50-52-54-56-58-60-62-66(70)67-64(63-68)65(69)61-59-57-55-53-51-49-47-45-20-18-16-14-12-10-8-6-4-2/h5,7,11,13,17,19,22-23,25-26,28-29,31-32,34-35,37-38,51,53,59,61,64-65,68-69H,3-4,6,8-10,12,14-16,18,20-21,24,27,30,33,36,39-50,52,54-58,60,62-63H2,1-2H3,(H,67,70)/b7-5-,13-11-,19-17-,23-22-,26-25-,29-28-,32-31-,35-34-,38-37-,53-51+,61-59+. The highest BCUT2D eigenvalue weighted by atomic mass is 16.3. The fraction of sp³-hybridized carbons (Fsp3) is 0.652. The number of hydrogen-bond donors (Lipinski definition) is 3. The Morgan fingerprint density at radius 1 is 0.357 bits per heavy atom. The zero-order chi connectivity index (χ0) is 50.6. The molecular formula is C66H111NO3. The maximum atomic E-state index is 12.5. The average Bonchev–Trinajstić information content (AvgIpc) is 3.36. The van der Waals surface area contributed by atoms with Crippen LogP contribution in [0.2, 0.25) is 0 Å². The molecule has 3 N–H and O–H groups in total. The first-order valence-electron chi connectivity index (χ1n) is 29.4. The molecule has 4 nitrogen and oxygen atoms in total. The Morgan fingerprint density at radius 2 is 0.643 bits per heavy atom. The van der Waals surface area contributed by atoms with Crippen LogP contribution in [-0.2, 0) is 4.79 Å². The van der Waals surface area contributed by atoms with Crippen molar-refractivity contribution in [2.24, 2.45) is 0 Å². The number of hydrogen-bond acceptors (Lipinski definition) is 3. The maximum Gasteiger partial charge on any atom is 0.220 e. The van der Waals surface area contributed by atoms with Gasteiger partial charge in [0.15, 0.2) is 0 Å². The van der Waals surface area contributed by atoms with Gasteiger partial charge in [-0.05, 0) is 103 Å². The Bertz CT molecular complexity index is 1420. The molecule has 0 bridgehead atoms. The van der Waals surface area contributed by atoms with E-state index in [2.05, 4.69) is 141 Å². The topological polar surface area (TPSA) is 69.6 Å². The Labute approximate surface area is 434 Å². The molecule has 70 heavy (non-hydrogen) atoms. The van der Waals surface area contributed by atoms with E-state index < -0.39 is 12.1 Å². The molecule has 2 atom stereocenters. The van der Waals surface area contributed by atoms with Gasteiger partial charge in [-0.15, -0.1) is 0 Å². The average molecular weight is 967 g/mol. The molecule has 0 spiro atoms. The third-order valence-corrected chi connectivity index (χ3v) is 12.6. The minimum Gasteiger partial charge on any atom is -0.394 e. The van der Waals surface area contributed by atoms with Gasteiger partial charge >= 0.3 is 0 Å². The zero-order valence-corrected chi connectivity index (χ0v) is 45.7. The molecule has 0 saturated heterocycles. The van der Waals surface area contributed by atoms with Gasteiger partial charge in [0.25, 0.3) is 0 Å². The largest absolute Gasteiger partial charge is 0.394 e. The van der Waals surface area contributed by atoms with Crippen molar-refractivity contribution in [2.75, 3.05) is 6.61 Å². The molecule has 0 radical (unpaired) electrons. The second-order valence-corrected chi connectivity index (χ2v) is 19.3. The lowest BCUT2D eigenvalue weighted by molar-refractivity contribution is -0.123. The van der Waals surface area contributed by atoms with Crippen molar-refractivity contribution in [3.8, 4) is 0 Å². The zero-order valence-electron chi connectivity index (χ0n) is 45.7. The van der Waals surface area contributed by atoms with Gasteiger partial charge in [0, 0.05) is 6.42 Å². The molecule has 0 aliphatic heterocycles. The first-order valence-corrected chi connectivity index (χ1v) is 29.4. The summed E-state index contributed by atoms with van der Waals surface area (Å²) in [5.41, 5.74) is 0. The highest BCUT2D eigenvalue weighted by Crippen LogP contribution is 2.15. The minimum absolute atomic E-state index is 0.0791. The van der Waals surface area contributed by atoms with Crippen molar-refractivity contribution in [3.05, 3.63) is 134 Å². The van der Waals surface area contributed by atoms with E-state index in [1.165, 1.54) is 148 Å². The molecule has 0 heterocycles. The summed E-state index contributed by atoms with van der Waals surface area (Å²) in [5, 5.41) is 23.1. The monoisotopic (exact) mass is 966 g/mol. The van der Waals surface area contributed by atoms with Crippen LogP contribution in [0, 0.1) is 0 Å². The molecule has 0 saturated carbocycles. The minimum atomic E-state index is -0.870. The highest BCUT2D eigenvalue weighted by molar-refractivity contribution is 5.76. The van der Waals surface area contributed by atoms with E-state index in [0.29, 0.717) is 6.42 Å². The van der Waals surface area contributed by atoms with Gasteiger partial charge in [-0.2, -0.15) is 0 Å². The van der Waals surface area contributed by atoms with Crippen molar-refractivity contribution < 1.29 is 15.0 Å². The molecule has 398 valence electrons. The summed E-state index contributed by atoms with van der Waals surface area (Å²) >= 11 is 0. The van der Waals surface area contributed by atoms with E-state index in [-0.39, 0.29) is 12.5 Å². The summed E-state index contributed by atoms with van der Waals surface area (Å²) in [7, 11) is 0. The molecule has 0 aromatic carbocycles. The van der Waals surface area contributed by atoms with Gasteiger partial charge < -0.3 is 15.5 Å². The smallest absolute Gasteiger partial charge is 0.220 e. The Hall–Kier alpha value is -3.47. The number of carbonyl (C=O) groups excluding carboxylic acids is 1. The lowest BCUT2D eigenvalue weighted by atomic mass is 10.0. The molecule has 4 heteroatoms. The molecular weight excluding hydrogens is 855 g/mol. The number of aliphatic hydroxyl groups excluding tert-OH is 2. The van der Waals surface area contributed by atoms with Crippen LogP contribution < -0.4 is 5.32 Å². The molecule has 0 aliphatic rings. The van der Waals surface area contributed by atoms with Crippen molar-refractivity contribution in [2.45, 2.75) is 270 Å². The van der Waals surface area contributed by atoms with Crippen molar-refractivity contribution >= 4 is 5.91 Å². The number of allylic oxidation sites excluding steroid dienone is 21. The summed E-state index contributed by atoms with van der Waals surface area (Å²) in [6.07, 6.45) is 93.3. The predicted octanol–water partition coefficient (Wildman–Crippen LogP) is 19.8. The van der Waals surface area contributed by atoms with Gasteiger partial charge in [0.1, 0.15) is 0 Å². The van der Waals surface area contributed by atoms with Crippen molar-refractivity contribution in [3.63, 3.8) is 0 Å². The third-order valence-electron chi connectivity index (χ3n) is 12.6. The van der Waals surface area contributed by atoms with Crippen LogP contribution in [0.15, 0.2) is 134 Å². The third kappa shape index (κ3) is 55.5. The van der Waals surface area contributed by atoms with Gasteiger partial charge in [-0.25, -0.2) is 0 Å². The molecule has 1 amide bonds. The molecule has 0 aliphatic carbocycles. The summed E-state index contributed by atoms with van der Waals surface area (Å²) in [4.78, 5) is 12.5. The number of unbranched alkanes of at least 4 members (excludes halogenated alkanes) is 25. The summed E-state index contributed by atoms with van der Waals surface area (Å²) in [5.74, 6) is -0.0791. The van der Waals surface area contributed by atoms with Gasteiger partial charge in [0.05, 0.1) is 18.8 Å². The Morgan fingerprint density at radius 3 is 1.00 bits per heavy atom. The number of nitrogens with one attached hydrogen (secondary N) is 1. The summed E-state index contributed by atoms with van der Waals surface area (Å²) in [6.45, 7) is 4.18. The van der Waals surface area contributed by atoms with Crippen LogP contribution in [0.1, 0.15) is 258 Å². The van der Waals surface area contributed by atoms with E-state index >= 15 is 0 Å². The maximum absolute atomic E-state index is 12.5. The number of amides is 1. The quantitative estimate of drug-likeness (QED) is 0.0420. The van der Waals surface area contributed by atoms with Crippen LogP contribution in [0.25, 0.3) is 0 Å². The Balaban J connectivity index is 3.59. The van der Waals surface area contributed by atoms with E-state index in [4.69, 9.17) is 0 Å². The highest BCUT2D eigenvalue weighted by Gasteiger charge is 2.18. The predicted molar refractivity (Wildman–Crippen MR) is 312 cm³/mol. The SMILES string of the molecule is CC/C=C\C/C=C\C/C=C\C/C=C\C/C=C\C/C=C\C/C=C\C/C=C\C/C=C\CCCCCCCCCCCCCCCC(=O)NC(CO)C(O)/C=C/CC/C=C/CCCCCCCCCCCCC. The lowest BCUT2D eigenvalue weighted by Crippen LogP contribution is -2.45. The first-order chi connectivity index (χ1) is 34.7. The molecule has 0 fully saturated rings. The fourth-order valence-electron chi connectivity index (χ4n) is 8.19. The van der Waals surface area contributed by atoms with E-state index in [9.17, 15) is 15.0 Å². The molecule has 0 aromatic heterocycles. The molecule has 0 rings (SSSR count). The van der Waals surface area contributed by atoms with Crippen molar-refractivity contribution in [1.29, 1.82) is 0 Å². The van der Waals surface area contributed by atoms with Gasteiger partial charge in [-0.1, -0.05) is 282 Å². The number of rotatable bonds is 52. The van der Waals surface area contributed by atoms with Crippen molar-refractivity contribution in [1.82, 2.24) is 5.32 Å². The normalized spacial score (nSPS) is 13.8. The van der Waals surface area contributed by atoms with Crippen LogP contribution >= 0.6 is 0 Å². The van der Waals surface area contributed by atoms with Gasteiger partial charge in [0.2, 0.25) is 5.91 Å². The second-order valence-electron chi connectivity index (χ2n) is 19.3. The Kier molecular flexibility index (Phi) is 56.9. The molecule has 2 unspecified atom stereocenters. The van der Waals surface area contributed by atoms with Crippen LogP contribution in [0.4, 0.5) is 0 Å². The van der Waals surface area contributed by atoms with Gasteiger partial charge in [-0.3, -0.25) is 4.79 Å². The van der Waals surface area contributed by atoms with E-state index in [1.807, 2.05) is 6.08 Å². The first kappa shape index (κ1) is 66.5.